The van der Waals surface area contributed by atoms with Crippen molar-refractivity contribution in [1.82, 2.24) is 0 Å². The first-order valence-electron chi connectivity index (χ1n) is 3.43. The number of hydrogen-bond acceptors (Lipinski definition) is 1. The molecule has 2 atom stereocenters. The summed E-state index contributed by atoms with van der Waals surface area (Å²) in [5.74, 6) is 1.50. The van der Waals surface area contributed by atoms with Crippen molar-refractivity contribution in [2.45, 2.75) is 26.2 Å². The standard InChI is InChI=1S/C7H14O/c1-6-2-3-7(4-6)5-8/h6-8H,2-5H2,1H3/t6-,7-/m1/s1. The van der Waals surface area contributed by atoms with Gasteiger partial charge in [-0.2, -0.15) is 0 Å². The van der Waals surface area contributed by atoms with Crippen molar-refractivity contribution in [3.63, 3.8) is 0 Å². The topological polar surface area (TPSA) is 20.2 Å². The zero-order valence-corrected chi connectivity index (χ0v) is 5.43. The van der Waals surface area contributed by atoms with Gasteiger partial charge >= 0.3 is 0 Å². The quantitative estimate of drug-likeness (QED) is 0.546. The van der Waals surface area contributed by atoms with Gasteiger partial charge in [0.25, 0.3) is 0 Å². The van der Waals surface area contributed by atoms with E-state index in [1.165, 1.54) is 19.3 Å². The molecule has 0 radical (unpaired) electrons. The Morgan fingerprint density at radius 3 is 2.50 bits per heavy atom. The molecule has 1 saturated carbocycles. The molecule has 0 aliphatic heterocycles. The van der Waals surface area contributed by atoms with Crippen LogP contribution in [-0.2, 0) is 0 Å². The van der Waals surface area contributed by atoms with Crippen LogP contribution in [0.15, 0.2) is 0 Å². The van der Waals surface area contributed by atoms with Crippen molar-refractivity contribution in [1.29, 1.82) is 0 Å². The van der Waals surface area contributed by atoms with Crippen LogP contribution in [0.25, 0.3) is 0 Å². The predicted octanol–water partition coefficient (Wildman–Crippen LogP) is 1.41. The van der Waals surface area contributed by atoms with E-state index in [9.17, 15) is 0 Å². The Hall–Kier alpha value is -0.0400. The zero-order valence-electron chi connectivity index (χ0n) is 5.43. The van der Waals surface area contributed by atoms with E-state index in [-0.39, 0.29) is 0 Å². The van der Waals surface area contributed by atoms with Crippen LogP contribution >= 0.6 is 0 Å². The highest BCUT2D eigenvalue weighted by Gasteiger charge is 2.19. The zero-order chi connectivity index (χ0) is 5.98. The van der Waals surface area contributed by atoms with Crippen molar-refractivity contribution in [3.8, 4) is 0 Å². The van der Waals surface area contributed by atoms with E-state index >= 15 is 0 Å². The average Bonchev–Trinajstić information content (AvgIpc) is 2.14. The van der Waals surface area contributed by atoms with Crippen LogP contribution in [0, 0.1) is 11.8 Å². The van der Waals surface area contributed by atoms with Gasteiger partial charge in [0.2, 0.25) is 0 Å². The lowest BCUT2D eigenvalue weighted by atomic mass is 10.1. The van der Waals surface area contributed by atoms with Crippen LogP contribution in [0.5, 0.6) is 0 Å². The molecule has 1 aliphatic rings. The van der Waals surface area contributed by atoms with Crippen LogP contribution in [-0.4, -0.2) is 11.7 Å². The fourth-order valence-corrected chi connectivity index (χ4v) is 1.49. The van der Waals surface area contributed by atoms with Crippen LogP contribution in [0.4, 0.5) is 0 Å². The normalized spacial score (nSPS) is 38.2. The largest absolute Gasteiger partial charge is 0.396 e. The molecule has 0 unspecified atom stereocenters. The van der Waals surface area contributed by atoms with E-state index < -0.39 is 0 Å². The second-order valence-corrected chi connectivity index (χ2v) is 2.97. The Labute approximate surface area is 50.7 Å². The first kappa shape index (κ1) is 6.09. The molecule has 1 N–H and O–H groups in total. The third kappa shape index (κ3) is 1.22. The van der Waals surface area contributed by atoms with Gasteiger partial charge in [-0.25, -0.2) is 0 Å². The molecular formula is C7H14O. The monoisotopic (exact) mass is 114 g/mol. The van der Waals surface area contributed by atoms with Gasteiger partial charge < -0.3 is 5.11 Å². The second kappa shape index (κ2) is 2.49. The summed E-state index contributed by atoms with van der Waals surface area (Å²) in [6.45, 7) is 2.67. The number of hydrogen-bond donors (Lipinski definition) is 1. The van der Waals surface area contributed by atoms with Crippen LogP contribution in [0.2, 0.25) is 0 Å². The highest BCUT2D eigenvalue weighted by molar-refractivity contribution is 4.71. The maximum atomic E-state index is 8.68. The smallest absolute Gasteiger partial charge is 0.0459 e. The highest BCUT2D eigenvalue weighted by atomic mass is 16.3. The molecule has 1 rings (SSSR count). The van der Waals surface area contributed by atoms with Crippen LogP contribution < -0.4 is 0 Å². The molecule has 0 saturated heterocycles. The van der Waals surface area contributed by atoms with E-state index in [2.05, 4.69) is 6.92 Å². The Morgan fingerprint density at radius 2 is 2.25 bits per heavy atom. The van der Waals surface area contributed by atoms with Crippen molar-refractivity contribution in [2.24, 2.45) is 11.8 Å². The predicted molar refractivity (Wildman–Crippen MR) is 33.6 cm³/mol. The summed E-state index contributed by atoms with van der Waals surface area (Å²) >= 11 is 0. The SMILES string of the molecule is C[C@@H]1CC[C@@H](CO)C1. The lowest BCUT2D eigenvalue weighted by Gasteiger charge is -2.01. The van der Waals surface area contributed by atoms with Gasteiger partial charge in [-0.1, -0.05) is 13.3 Å². The maximum absolute atomic E-state index is 8.68. The van der Waals surface area contributed by atoms with Crippen molar-refractivity contribution < 1.29 is 5.11 Å². The molecule has 0 spiro atoms. The van der Waals surface area contributed by atoms with Crippen LogP contribution in [0.1, 0.15) is 26.2 Å². The number of aliphatic hydroxyl groups is 1. The second-order valence-electron chi connectivity index (χ2n) is 2.97. The van der Waals surface area contributed by atoms with Crippen molar-refractivity contribution in [3.05, 3.63) is 0 Å². The van der Waals surface area contributed by atoms with Crippen molar-refractivity contribution in [2.75, 3.05) is 6.61 Å². The van der Waals surface area contributed by atoms with Crippen molar-refractivity contribution >= 4 is 0 Å². The molecule has 0 aromatic carbocycles. The van der Waals surface area contributed by atoms with Gasteiger partial charge in [0.05, 0.1) is 0 Å². The van der Waals surface area contributed by atoms with Gasteiger partial charge in [-0.15, -0.1) is 0 Å². The number of aliphatic hydroxyl groups excluding tert-OH is 1. The molecular weight excluding hydrogens is 100 g/mol. The van der Waals surface area contributed by atoms with Gasteiger partial charge in [-0.3, -0.25) is 0 Å². The number of rotatable bonds is 1. The Kier molecular flexibility index (Phi) is 1.90. The van der Waals surface area contributed by atoms with Gasteiger partial charge in [0.15, 0.2) is 0 Å². The van der Waals surface area contributed by atoms with E-state index in [0.29, 0.717) is 12.5 Å². The molecule has 0 aromatic rings. The molecule has 1 aliphatic carbocycles. The summed E-state index contributed by atoms with van der Waals surface area (Å²) in [7, 11) is 0. The molecule has 8 heavy (non-hydrogen) atoms. The van der Waals surface area contributed by atoms with Gasteiger partial charge in [0, 0.05) is 6.61 Å². The molecule has 1 fully saturated rings. The summed E-state index contributed by atoms with van der Waals surface area (Å²) in [5.41, 5.74) is 0. The van der Waals surface area contributed by atoms with E-state index in [0.717, 1.165) is 5.92 Å². The fourth-order valence-electron chi connectivity index (χ4n) is 1.49. The lowest BCUT2D eigenvalue weighted by molar-refractivity contribution is 0.227. The van der Waals surface area contributed by atoms with E-state index in [1.54, 1.807) is 0 Å². The first-order valence-corrected chi connectivity index (χ1v) is 3.43. The third-order valence-electron chi connectivity index (χ3n) is 2.06. The molecule has 0 amide bonds. The summed E-state index contributed by atoms with van der Waals surface area (Å²) in [6.07, 6.45) is 3.82. The minimum absolute atomic E-state index is 0.407. The van der Waals surface area contributed by atoms with Crippen LogP contribution in [0.3, 0.4) is 0 Å². The fraction of sp³-hybridized carbons (Fsp3) is 1.00. The summed E-state index contributed by atoms with van der Waals surface area (Å²) in [4.78, 5) is 0. The Morgan fingerprint density at radius 1 is 1.50 bits per heavy atom. The van der Waals surface area contributed by atoms with E-state index in [4.69, 9.17) is 5.11 Å². The van der Waals surface area contributed by atoms with E-state index in [1.807, 2.05) is 0 Å². The maximum Gasteiger partial charge on any atom is 0.0459 e. The molecule has 0 aromatic heterocycles. The molecule has 0 bridgehead atoms. The molecule has 48 valence electrons. The Balaban J connectivity index is 2.22. The molecule has 1 heteroatoms. The third-order valence-corrected chi connectivity index (χ3v) is 2.06. The summed E-state index contributed by atoms with van der Waals surface area (Å²) in [5, 5.41) is 8.68. The molecule has 0 heterocycles. The Bertz CT molecular complexity index is 70.8. The molecule has 1 nitrogen and oxygen atoms in total. The average molecular weight is 114 g/mol. The van der Waals surface area contributed by atoms with Gasteiger partial charge in [0.1, 0.15) is 0 Å². The van der Waals surface area contributed by atoms with Gasteiger partial charge in [-0.05, 0) is 24.7 Å². The first-order chi connectivity index (χ1) is 3.83. The minimum atomic E-state index is 0.407. The minimum Gasteiger partial charge on any atom is -0.396 e. The summed E-state index contributed by atoms with van der Waals surface area (Å²) in [6, 6.07) is 0. The summed E-state index contributed by atoms with van der Waals surface area (Å²) < 4.78 is 0. The lowest BCUT2D eigenvalue weighted by Crippen LogP contribution is -1.99. The highest BCUT2D eigenvalue weighted by Crippen LogP contribution is 2.29.